The lowest BCUT2D eigenvalue weighted by atomic mass is 9.72. The van der Waals surface area contributed by atoms with E-state index in [1.807, 2.05) is 6.20 Å². The number of aromatic nitrogens is 2. The van der Waals surface area contributed by atoms with Crippen LogP contribution in [-0.4, -0.2) is 22.6 Å². The molecule has 0 bridgehead atoms. The molecule has 2 aliphatic carbocycles. The molecule has 2 aliphatic rings. The molecule has 0 spiro atoms. The fraction of sp³-hybridized carbons (Fsp3) is 0.667. The van der Waals surface area contributed by atoms with Crippen molar-refractivity contribution in [1.82, 2.24) is 15.3 Å². The molecule has 0 aliphatic heterocycles. The minimum atomic E-state index is 0.657. The van der Waals surface area contributed by atoms with Gasteiger partial charge in [-0.05, 0) is 38.1 Å². The van der Waals surface area contributed by atoms with Gasteiger partial charge in [0.1, 0.15) is 0 Å². The first kappa shape index (κ1) is 9.28. The maximum Gasteiger partial charge on any atom is 0.0620 e. The summed E-state index contributed by atoms with van der Waals surface area (Å²) in [5, 5.41) is 3.61. The maximum atomic E-state index is 4.40. The third-order valence-corrected chi connectivity index (χ3v) is 3.63. The normalized spacial score (nSPS) is 29.9. The Morgan fingerprint density at radius 3 is 2.73 bits per heavy atom. The molecule has 0 saturated heterocycles. The van der Waals surface area contributed by atoms with E-state index in [0.29, 0.717) is 5.92 Å². The van der Waals surface area contributed by atoms with E-state index in [1.54, 1.807) is 12.4 Å². The standard InChI is InChI=1S/C12H17N3/c1-4-11(12-8-13-5-6-14-12)9(1)7-15-10-2-3-10/h5-6,8-11,15H,1-4,7H2. The minimum Gasteiger partial charge on any atom is -0.314 e. The first-order chi connectivity index (χ1) is 7.43. The Morgan fingerprint density at radius 1 is 1.20 bits per heavy atom. The molecule has 80 valence electrons. The van der Waals surface area contributed by atoms with E-state index in [0.717, 1.165) is 12.0 Å². The van der Waals surface area contributed by atoms with E-state index in [4.69, 9.17) is 0 Å². The molecule has 2 fully saturated rings. The van der Waals surface area contributed by atoms with E-state index in [-0.39, 0.29) is 0 Å². The number of rotatable bonds is 4. The van der Waals surface area contributed by atoms with Crippen molar-refractivity contribution in [3.8, 4) is 0 Å². The molecule has 1 aromatic rings. The lowest BCUT2D eigenvalue weighted by Gasteiger charge is -2.36. The lowest BCUT2D eigenvalue weighted by molar-refractivity contribution is 0.240. The van der Waals surface area contributed by atoms with E-state index in [9.17, 15) is 0 Å². The third kappa shape index (κ3) is 2.02. The van der Waals surface area contributed by atoms with Crippen molar-refractivity contribution in [2.75, 3.05) is 6.54 Å². The van der Waals surface area contributed by atoms with Crippen molar-refractivity contribution in [3.63, 3.8) is 0 Å². The van der Waals surface area contributed by atoms with Crippen molar-refractivity contribution in [1.29, 1.82) is 0 Å². The van der Waals surface area contributed by atoms with Crippen molar-refractivity contribution < 1.29 is 0 Å². The SMILES string of the molecule is c1cnc(C2CCC2CNC2CC2)cn1. The first-order valence-corrected chi connectivity index (χ1v) is 5.93. The fourth-order valence-electron chi connectivity index (χ4n) is 2.31. The number of hydrogen-bond donors (Lipinski definition) is 1. The summed E-state index contributed by atoms with van der Waals surface area (Å²) in [4.78, 5) is 8.55. The largest absolute Gasteiger partial charge is 0.314 e. The summed E-state index contributed by atoms with van der Waals surface area (Å²) < 4.78 is 0. The smallest absolute Gasteiger partial charge is 0.0620 e. The van der Waals surface area contributed by atoms with Gasteiger partial charge in [-0.1, -0.05) is 0 Å². The Balaban J connectivity index is 1.57. The molecule has 3 nitrogen and oxygen atoms in total. The first-order valence-electron chi connectivity index (χ1n) is 5.93. The summed E-state index contributed by atoms with van der Waals surface area (Å²) in [5.41, 5.74) is 1.19. The number of nitrogens with zero attached hydrogens (tertiary/aromatic N) is 2. The molecule has 2 unspecified atom stereocenters. The molecular formula is C12H17N3. The van der Waals surface area contributed by atoms with Crippen molar-refractivity contribution >= 4 is 0 Å². The van der Waals surface area contributed by atoms with Gasteiger partial charge in [0.15, 0.2) is 0 Å². The van der Waals surface area contributed by atoms with Gasteiger partial charge in [-0.15, -0.1) is 0 Å². The Morgan fingerprint density at radius 2 is 2.13 bits per heavy atom. The zero-order valence-corrected chi connectivity index (χ0v) is 8.89. The minimum absolute atomic E-state index is 0.657. The quantitative estimate of drug-likeness (QED) is 0.809. The second kappa shape index (κ2) is 3.89. The van der Waals surface area contributed by atoms with Crippen LogP contribution in [0.1, 0.15) is 37.3 Å². The van der Waals surface area contributed by atoms with Gasteiger partial charge >= 0.3 is 0 Å². The maximum absolute atomic E-state index is 4.40. The summed E-state index contributed by atoms with van der Waals surface area (Å²) in [6, 6.07) is 0.827. The van der Waals surface area contributed by atoms with Crippen molar-refractivity contribution in [2.45, 2.75) is 37.6 Å². The van der Waals surface area contributed by atoms with Gasteiger partial charge in [0.05, 0.1) is 5.69 Å². The molecule has 0 amide bonds. The molecule has 2 atom stereocenters. The molecule has 0 radical (unpaired) electrons. The van der Waals surface area contributed by atoms with Gasteiger partial charge in [0.25, 0.3) is 0 Å². The van der Waals surface area contributed by atoms with Crippen molar-refractivity contribution in [2.24, 2.45) is 5.92 Å². The third-order valence-electron chi connectivity index (χ3n) is 3.63. The monoisotopic (exact) mass is 203 g/mol. The average Bonchev–Trinajstić information content (AvgIpc) is 3.02. The van der Waals surface area contributed by atoms with E-state index >= 15 is 0 Å². The summed E-state index contributed by atoms with van der Waals surface area (Å²) in [6.07, 6.45) is 10.9. The Hall–Kier alpha value is -0.960. The molecule has 2 saturated carbocycles. The van der Waals surface area contributed by atoms with Crippen LogP contribution in [0.15, 0.2) is 18.6 Å². The number of hydrogen-bond acceptors (Lipinski definition) is 3. The van der Waals surface area contributed by atoms with Crippen LogP contribution in [0.25, 0.3) is 0 Å². The fourth-order valence-corrected chi connectivity index (χ4v) is 2.31. The number of nitrogens with one attached hydrogen (secondary N) is 1. The van der Waals surface area contributed by atoms with Gasteiger partial charge in [0.2, 0.25) is 0 Å². The average molecular weight is 203 g/mol. The van der Waals surface area contributed by atoms with Crippen LogP contribution in [0.3, 0.4) is 0 Å². The van der Waals surface area contributed by atoms with E-state index < -0.39 is 0 Å². The van der Waals surface area contributed by atoms with E-state index in [1.165, 1.54) is 37.9 Å². The molecule has 1 N–H and O–H groups in total. The van der Waals surface area contributed by atoms with Crippen LogP contribution in [0.5, 0.6) is 0 Å². The van der Waals surface area contributed by atoms with Gasteiger partial charge in [0, 0.05) is 30.6 Å². The molecule has 3 rings (SSSR count). The molecule has 0 aromatic carbocycles. The summed E-state index contributed by atoms with van der Waals surface area (Å²) in [6.45, 7) is 1.17. The predicted octanol–water partition coefficient (Wildman–Crippen LogP) is 1.72. The lowest BCUT2D eigenvalue weighted by Crippen LogP contribution is -2.35. The molecule has 1 heterocycles. The second-order valence-electron chi connectivity index (χ2n) is 4.76. The molecule has 1 aromatic heterocycles. The topological polar surface area (TPSA) is 37.8 Å². The van der Waals surface area contributed by atoms with Crippen LogP contribution < -0.4 is 5.32 Å². The second-order valence-corrected chi connectivity index (χ2v) is 4.76. The van der Waals surface area contributed by atoms with E-state index in [2.05, 4.69) is 15.3 Å². The van der Waals surface area contributed by atoms with Crippen LogP contribution in [0.4, 0.5) is 0 Å². The van der Waals surface area contributed by atoms with Gasteiger partial charge < -0.3 is 5.32 Å². The Labute approximate surface area is 90.3 Å². The highest BCUT2D eigenvalue weighted by Gasteiger charge is 2.34. The molecule has 15 heavy (non-hydrogen) atoms. The predicted molar refractivity (Wildman–Crippen MR) is 58.5 cm³/mol. The zero-order valence-electron chi connectivity index (χ0n) is 8.89. The van der Waals surface area contributed by atoms with Gasteiger partial charge in [-0.25, -0.2) is 0 Å². The molecule has 3 heteroatoms. The Bertz CT molecular complexity index is 321. The van der Waals surface area contributed by atoms with Crippen LogP contribution >= 0.6 is 0 Å². The van der Waals surface area contributed by atoms with Crippen LogP contribution in [-0.2, 0) is 0 Å². The highest BCUT2D eigenvalue weighted by molar-refractivity contribution is 5.10. The summed E-state index contributed by atoms with van der Waals surface area (Å²) in [5.74, 6) is 1.45. The van der Waals surface area contributed by atoms with Gasteiger partial charge in [-0.2, -0.15) is 0 Å². The van der Waals surface area contributed by atoms with Crippen molar-refractivity contribution in [3.05, 3.63) is 24.3 Å². The highest BCUT2D eigenvalue weighted by Crippen LogP contribution is 2.41. The summed E-state index contributed by atoms with van der Waals surface area (Å²) >= 11 is 0. The van der Waals surface area contributed by atoms with Gasteiger partial charge in [-0.3, -0.25) is 9.97 Å². The molecular weight excluding hydrogens is 186 g/mol. The Kier molecular flexibility index (Phi) is 2.41. The van der Waals surface area contributed by atoms with Crippen LogP contribution in [0, 0.1) is 5.92 Å². The summed E-state index contributed by atoms with van der Waals surface area (Å²) in [7, 11) is 0. The van der Waals surface area contributed by atoms with Crippen LogP contribution in [0.2, 0.25) is 0 Å². The zero-order chi connectivity index (χ0) is 10.1. The highest BCUT2D eigenvalue weighted by atomic mass is 15.0.